The highest BCUT2D eigenvalue weighted by atomic mass is 15.1. The number of hydrogen-bond acceptors (Lipinski definition) is 3. The van der Waals surface area contributed by atoms with Gasteiger partial charge in [0.05, 0.1) is 10.9 Å². The number of aromatic nitrogens is 3. The van der Waals surface area contributed by atoms with E-state index in [1.54, 1.807) is 0 Å². The second kappa shape index (κ2) is 4.96. The second-order valence-electron chi connectivity index (χ2n) is 5.24. The standard InChI is InChI=1S/C14H20N4/c1-10-13-12(18-17-10)8-9-15-14(13)16-11-6-4-2-3-5-7-11/h8-9,11H,2-7H2,1H3,(H,15,16)(H,17,18). The van der Waals surface area contributed by atoms with Crippen molar-refractivity contribution in [2.75, 3.05) is 5.32 Å². The third-order valence-electron chi connectivity index (χ3n) is 3.84. The van der Waals surface area contributed by atoms with Gasteiger partial charge in [-0.3, -0.25) is 5.10 Å². The van der Waals surface area contributed by atoms with Crippen molar-refractivity contribution in [3.8, 4) is 0 Å². The lowest BCUT2D eigenvalue weighted by Crippen LogP contribution is -2.19. The minimum absolute atomic E-state index is 0.569. The zero-order valence-electron chi connectivity index (χ0n) is 10.9. The van der Waals surface area contributed by atoms with Gasteiger partial charge in [-0.2, -0.15) is 5.10 Å². The van der Waals surface area contributed by atoms with Crippen molar-refractivity contribution in [2.24, 2.45) is 0 Å². The van der Waals surface area contributed by atoms with Crippen molar-refractivity contribution in [1.29, 1.82) is 0 Å². The van der Waals surface area contributed by atoms with E-state index in [9.17, 15) is 0 Å². The number of anilines is 1. The maximum absolute atomic E-state index is 4.49. The lowest BCUT2D eigenvalue weighted by Gasteiger charge is -2.17. The molecule has 0 atom stereocenters. The Hall–Kier alpha value is -1.58. The van der Waals surface area contributed by atoms with Gasteiger partial charge >= 0.3 is 0 Å². The minimum atomic E-state index is 0.569. The molecule has 0 saturated heterocycles. The third-order valence-corrected chi connectivity index (χ3v) is 3.84. The van der Waals surface area contributed by atoms with Gasteiger partial charge in [0, 0.05) is 17.9 Å². The molecule has 0 amide bonds. The Morgan fingerprint density at radius 1 is 1.22 bits per heavy atom. The molecule has 1 aliphatic carbocycles. The molecule has 2 aromatic rings. The largest absolute Gasteiger partial charge is 0.367 e. The highest BCUT2D eigenvalue weighted by molar-refractivity contribution is 5.91. The van der Waals surface area contributed by atoms with Crippen LogP contribution in [0.1, 0.15) is 44.2 Å². The Bertz CT molecular complexity index is 524. The van der Waals surface area contributed by atoms with Crippen molar-refractivity contribution < 1.29 is 0 Å². The first-order valence-corrected chi connectivity index (χ1v) is 6.91. The summed E-state index contributed by atoms with van der Waals surface area (Å²) >= 11 is 0. The van der Waals surface area contributed by atoms with Crippen molar-refractivity contribution >= 4 is 16.7 Å². The SMILES string of the molecule is Cc1[nH]nc2ccnc(NC3CCCCCC3)c12. The van der Waals surface area contributed by atoms with Gasteiger partial charge in [-0.25, -0.2) is 4.98 Å². The summed E-state index contributed by atoms with van der Waals surface area (Å²) in [5, 5.41) is 12.1. The van der Waals surface area contributed by atoms with Gasteiger partial charge in [-0.1, -0.05) is 25.7 Å². The molecule has 18 heavy (non-hydrogen) atoms. The molecular formula is C14H20N4. The predicted molar refractivity (Wildman–Crippen MR) is 73.7 cm³/mol. The second-order valence-corrected chi connectivity index (χ2v) is 5.24. The average molecular weight is 244 g/mol. The summed E-state index contributed by atoms with van der Waals surface area (Å²) in [7, 11) is 0. The molecule has 2 N–H and O–H groups in total. The van der Waals surface area contributed by atoms with Crippen LogP contribution < -0.4 is 5.32 Å². The Balaban J connectivity index is 1.87. The number of fused-ring (bicyclic) bond motifs is 1. The summed E-state index contributed by atoms with van der Waals surface area (Å²) in [6.07, 6.45) is 9.77. The molecule has 2 aromatic heterocycles. The Labute approximate surface area is 107 Å². The van der Waals surface area contributed by atoms with Crippen LogP contribution in [0, 0.1) is 6.92 Å². The number of pyridine rings is 1. The zero-order chi connectivity index (χ0) is 12.4. The fourth-order valence-corrected chi connectivity index (χ4v) is 2.84. The lowest BCUT2D eigenvalue weighted by molar-refractivity contribution is 0.618. The molecule has 0 aliphatic heterocycles. The molecule has 4 nitrogen and oxygen atoms in total. The molecule has 1 aliphatic rings. The van der Waals surface area contributed by atoms with E-state index >= 15 is 0 Å². The number of nitrogens with one attached hydrogen (secondary N) is 2. The van der Waals surface area contributed by atoms with Crippen LogP contribution in [0.25, 0.3) is 10.9 Å². The average Bonchev–Trinajstić information content (AvgIpc) is 2.61. The van der Waals surface area contributed by atoms with Crippen molar-refractivity contribution in [3.05, 3.63) is 18.0 Å². The summed E-state index contributed by atoms with van der Waals surface area (Å²) in [5.41, 5.74) is 2.09. The third kappa shape index (κ3) is 2.19. The van der Waals surface area contributed by atoms with Gasteiger partial charge in [-0.05, 0) is 25.8 Å². The lowest BCUT2D eigenvalue weighted by atomic mass is 10.1. The van der Waals surface area contributed by atoms with E-state index in [4.69, 9.17) is 0 Å². The van der Waals surface area contributed by atoms with Crippen molar-refractivity contribution in [1.82, 2.24) is 15.2 Å². The number of aryl methyl sites for hydroxylation is 1. The zero-order valence-corrected chi connectivity index (χ0v) is 10.9. The number of hydrogen-bond donors (Lipinski definition) is 2. The van der Waals surface area contributed by atoms with Gasteiger partial charge in [0.1, 0.15) is 5.82 Å². The summed E-state index contributed by atoms with van der Waals surface area (Å²) in [6.45, 7) is 2.05. The first-order chi connectivity index (χ1) is 8.84. The minimum Gasteiger partial charge on any atom is -0.367 e. The molecule has 4 heteroatoms. The first-order valence-electron chi connectivity index (χ1n) is 6.91. The number of nitrogens with zero attached hydrogens (tertiary/aromatic N) is 2. The molecule has 0 spiro atoms. The smallest absolute Gasteiger partial charge is 0.137 e. The maximum atomic E-state index is 4.49. The fraction of sp³-hybridized carbons (Fsp3) is 0.571. The van der Waals surface area contributed by atoms with Crippen LogP contribution in [0.3, 0.4) is 0 Å². The van der Waals surface area contributed by atoms with Gasteiger partial charge < -0.3 is 5.32 Å². The molecular weight excluding hydrogens is 224 g/mol. The molecule has 0 bridgehead atoms. The van der Waals surface area contributed by atoms with Crippen LogP contribution in [0.2, 0.25) is 0 Å². The Morgan fingerprint density at radius 2 is 2.00 bits per heavy atom. The van der Waals surface area contributed by atoms with Gasteiger partial charge in [0.25, 0.3) is 0 Å². The molecule has 0 aromatic carbocycles. The van der Waals surface area contributed by atoms with Crippen LogP contribution >= 0.6 is 0 Å². The van der Waals surface area contributed by atoms with E-state index in [1.807, 2.05) is 12.3 Å². The summed E-state index contributed by atoms with van der Waals surface area (Å²) in [4.78, 5) is 4.49. The Kier molecular flexibility index (Phi) is 3.17. The molecule has 1 fully saturated rings. The van der Waals surface area contributed by atoms with Crippen LogP contribution in [-0.4, -0.2) is 21.2 Å². The molecule has 0 unspecified atom stereocenters. The van der Waals surface area contributed by atoms with Gasteiger partial charge in [-0.15, -0.1) is 0 Å². The van der Waals surface area contributed by atoms with E-state index in [0.717, 1.165) is 22.4 Å². The monoisotopic (exact) mass is 244 g/mol. The molecule has 0 radical (unpaired) electrons. The van der Waals surface area contributed by atoms with Crippen LogP contribution in [0.5, 0.6) is 0 Å². The van der Waals surface area contributed by atoms with E-state index in [-0.39, 0.29) is 0 Å². The van der Waals surface area contributed by atoms with E-state index in [1.165, 1.54) is 38.5 Å². The normalized spacial score (nSPS) is 17.8. The first kappa shape index (κ1) is 11.5. The van der Waals surface area contributed by atoms with Crippen LogP contribution in [-0.2, 0) is 0 Å². The Morgan fingerprint density at radius 3 is 2.78 bits per heavy atom. The topological polar surface area (TPSA) is 53.6 Å². The fourth-order valence-electron chi connectivity index (χ4n) is 2.84. The summed E-state index contributed by atoms with van der Waals surface area (Å²) < 4.78 is 0. The van der Waals surface area contributed by atoms with Gasteiger partial charge in [0.15, 0.2) is 0 Å². The molecule has 96 valence electrons. The number of aromatic amines is 1. The molecule has 3 rings (SSSR count). The highest BCUT2D eigenvalue weighted by Gasteiger charge is 2.15. The predicted octanol–water partition coefficient (Wildman–Crippen LogP) is 3.40. The molecule has 2 heterocycles. The van der Waals surface area contributed by atoms with Crippen LogP contribution in [0.4, 0.5) is 5.82 Å². The van der Waals surface area contributed by atoms with Crippen LogP contribution in [0.15, 0.2) is 12.3 Å². The van der Waals surface area contributed by atoms with Crippen molar-refractivity contribution in [3.63, 3.8) is 0 Å². The highest BCUT2D eigenvalue weighted by Crippen LogP contribution is 2.26. The quantitative estimate of drug-likeness (QED) is 0.796. The number of rotatable bonds is 2. The van der Waals surface area contributed by atoms with E-state index in [0.29, 0.717) is 6.04 Å². The van der Waals surface area contributed by atoms with Crippen molar-refractivity contribution in [2.45, 2.75) is 51.5 Å². The summed E-state index contributed by atoms with van der Waals surface area (Å²) in [5.74, 6) is 0.991. The van der Waals surface area contributed by atoms with Gasteiger partial charge in [0.2, 0.25) is 0 Å². The maximum Gasteiger partial charge on any atom is 0.137 e. The summed E-state index contributed by atoms with van der Waals surface area (Å²) in [6, 6.07) is 2.52. The molecule has 1 saturated carbocycles. The van der Waals surface area contributed by atoms with E-state index < -0.39 is 0 Å². The van der Waals surface area contributed by atoms with E-state index in [2.05, 4.69) is 27.4 Å². The number of H-pyrrole nitrogens is 1.